The lowest BCUT2D eigenvalue weighted by Crippen LogP contribution is -2.49. The highest BCUT2D eigenvalue weighted by Crippen LogP contribution is 2.35. The number of amides is 1. The highest BCUT2D eigenvalue weighted by molar-refractivity contribution is 5.99. The van der Waals surface area contributed by atoms with Crippen LogP contribution in [0.1, 0.15) is 26.7 Å². The van der Waals surface area contributed by atoms with Crippen LogP contribution in [0.3, 0.4) is 0 Å². The fraction of sp³-hybridized carbons (Fsp3) is 0.364. The van der Waals surface area contributed by atoms with Gasteiger partial charge in [-0.2, -0.15) is 10.4 Å². The minimum Gasteiger partial charge on any atom is -0.457 e. The maximum Gasteiger partial charge on any atom is 0.264 e. The number of carbonyl (C=O) groups excluding carboxylic acids is 1. The van der Waals surface area contributed by atoms with Gasteiger partial charge in [0.25, 0.3) is 5.91 Å². The van der Waals surface area contributed by atoms with Crippen LogP contribution in [-0.4, -0.2) is 79.9 Å². The van der Waals surface area contributed by atoms with E-state index in [2.05, 4.69) is 20.9 Å². The topological polar surface area (TPSA) is 135 Å². The normalized spacial score (nSPS) is 17.9. The number of likely N-dealkylation sites (tertiary alicyclic amines) is 1. The van der Waals surface area contributed by atoms with E-state index in [0.29, 0.717) is 61.0 Å². The molecule has 1 atom stereocenters. The number of hydrogen-bond acceptors (Lipinski definition) is 9. The van der Waals surface area contributed by atoms with E-state index in [1.165, 1.54) is 12.4 Å². The summed E-state index contributed by atoms with van der Waals surface area (Å²) in [5.41, 5.74) is 6.85. The van der Waals surface area contributed by atoms with E-state index in [0.717, 1.165) is 19.5 Å². The summed E-state index contributed by atoms with van der Waals surface area (Å²) in [5, 5.41) is 15.2. The van der Waals surface area contributed by atoms with Gasteiger partial charge in [0.15, 0.2) is 5.65 Å². The molecule has 0 radical (unpaired) electrons. The monoisotopic (exact) mass is 610 g/mol. The van der Waals surface area contributed by atoms with Gasteiger partial charge in [0.05, 0.1) is 31.2 Å². The molecule has 2 fully saturated rings. The number of para-hydroxylation sites is 1. The van der Waals surface area contributed by atoms with Crippen LogP contribution in [0.2, 0.25) is 0 Å². The molecule has 0 bridgehead atoms. The first-order chi connectivity index (χ1) is 21.7. The van der Waals surface area contributed by atoms with Crippen LogP contribution in [0.15, 0.2) is 66.5 Å². The number of ether oxygens (including phenoxy) is 2. The lowest BCUT2D eigenvalue weighted by molar-refractivity contribution is -0.127. The summed E-state index contributed by atoms with van der Waals surface area (Å²) in [6.45, 7) is 7.51. The number of rotatable bonds is 8. The Morgan fingerprint density at radius 2 is 1.93 bits per heavy atom. The molecule has 2 aromatic heterocycles. The van der Waals surface area contributed by atoms with Crippen LogP contribution in [0, 0.1) is 17.1 Å². The Balaban J connectivity index is 1.28. The summed E-state index contributed by atoms with van der Waals surface area (Å²) in [6.07, 6.45) is 4.60. The molecule has 0 unspecified atom stereocenters. The van der Waals surface area contributed by atoms with Crippen molar-refractivity contribution in [2.45, 2.75) is 44.8 Å². The van der Waals surface area contributed by atoms with E-state index >= 15 is 4.39 Å². The zero-order valence-electron chi connectivity index (χ0n) is 25.3. The number of fused-ring (bicyclic) bond motifs is 1. The molecule has 45 heavy (non-hydrogen) atoms. The zero-order chi connectivity index (χ0) is 31.6. The van der Waals surface area contributed by atoms with Crippen LogP contribution in [0.25, 0.3) is 22.3 Å². The summed E-state index contributed by atoms with van der Waals surface area (Å²) in [5.74, 6) is 0.250. The van der Waals surface area contributed by atoms with E-state index in [-0.39, 0.29) is 28.9 Å². The molecule has 0 spiro atoms. The van der Waals surface area contributed by atoms with E-state index in [1.807, 2.05) is 32.0 Å². The second kappa shape index (κ2) is 12.6. The Labute approximate surface area is 260 Å². The number of nitrogens with zero attached hydrogens (tertiary/aromatic N) is 7. The number of hydrogen-bond donors (Lipinski definition) is 1. The fourth-order valence-corrected chi connectivity index (χ4v) is 6.10. The highest BCUT2D eigenvalue weighted by Gasteiger charge is 2.34. The summed E-state index contributed by atoms with van der Waals surface area (Å²) >= 11 is 0. The SMILES string of the molecule is CC(C)(C=C(C#N)C(=O)N1CCC[C@H]1Cn1nc(-c2ccc(Oc3ccccc3)cc2F)c2c(N)ncnc21)N1CCOCC1. The van der Waals surface area contributed by atoms with Crippen molar-refractivity contribution >= 4 is 22.8 Å². The Hall–Kier alpha value is -4.86. The number of aromatic nitrogens is 4. The summed E-state index contributed by atoms with van der Waals surface area (Å²) in [4.78, 5) is 26.3. The number of nitriles is 1. The molecule has 0 aliphatic carbocycles. The van der Waals surface area contributed by atoms with Crippen molar-refractivity contribution in [2.75, 3.05) is 38.6 Å². The van der Waals surface area contributed by atoms with Gasteiger partial charge < -0.3 is 20.1 Å². The van der Waals surface area contributed by atoms with Crippen LogP contribution in [-0.2, 0) is 16.1 Å². The van der Waals surface area contributed by atoms with Crippen molar-refractivity contribution < 1.29 is 18.7 Å². The predicted octanol–water partition coefficient (Wildman–Crippen LogP) is 4.56. The van der Waals surface area contributed by atoms with E-state index in [4.69, 9.17) is 20.3 Å². The molecule has 2 aromatic carbocycles. The maximum absolute atomic E-state index is 15.6. The van der Waals surface area contributed by atoms with Crippen LogP contribution in [0.4, 0.5) is 10.2 Å². The highest BCUT2D eigenvalue weighted by atomic mass is 19.1. The lowest BCUT2D eigenvalue weighted by Gasteiger charge is -2.39. The van der Waals surface area contributed by atoms with Gasteiger partial charge in [-0.1, -0.05) is 18.2 Å². The van der Waals surface area contributed by atoms with Gasteiger partial charge in [-0.15, -0.1) is 0 Å². The largest absolute Gasteiger partial charge is 0.457 e. The zero-order valence-corrected chi connectivity index (χ0v) is 25.3. The molecule has 2 N–H and O–H groups in total. The molecule has 2 saturated heterocycles. The van der Waals surface area contributed by atoms with Gasteiger partial charge in [0.2, 0.25) is 0 Å². The molecule has 4 heterocycles. The van der Waals surface area contributed by atoms with Gasteiger partial charge in [0, 0.05) is 36.8 Å². The molecule has 2 aliphatic heterocycles. The number of halogens is 1. The van der Waals surface area contributed by atoms with Crippen LogP contribution in [0.5, 0.6) is 11.5 Å². The molecule has 1 amide bonds. The third-order valence-corrected chi connectivity index (χ3v) is 8.43. The first-order valence-electron chi connectivity index (χ1n) is 15.0. The van der Waals surface area contributed by atoms with Crippen molar-refractivity contribution in [2.24, 2.45) is 0 Å². The van der Waals surface area contributed by atoms with Gasteiger partial charge in [0.1, 0.15) is 46.8 Å². The number of benzene rings is 2. The average molecular weight is 611 g/mol. The summed E-state index contributed by atoms with van der Waals surface area (Å²) in [6, 6.07) is 15.6. The summed E-state index contributed by atoms with van der Waals surface area (Å²) in [7, 11) is 0. The molecule has 4 aromatic rings. The van der Waals surface area contributed by atoms with Crippen molar-refractivity contribution in [1.29, 1.82) is 5.26 Å². The summed E-state index contributed by atoms with van der Waals surface area (Å²) < 4.78 is 28.5. The third-order valence-electron chi connectivity index (χ3n) is 8.43. The van der Waals surface area contributed by atoms with Crippen molar-refractivity contribution in [3.63, 3.8) is 0 Å². The molecule has 12 heteroatoms. The first kappa shape index (κ1) is 30.2. The third kappa shape index (κ3) is 6.22. The molecular formula is C33H35FN8O3. The lowest BCUT2D eigenvalue weighted by atomic mass is 9.97. The quantitative estimate of drug-likeness (QED) is 0.225. The Bertz CT molecular complexity index is 1780. The minimum absolute atomic E-state index is 0.107. The average Bonchev–Trinajstić information content (AvgIpc) is 3.66. The minimum atomic E-state index is -0.539. The fourth-order valence-electron chi connectivity index (χ4n) is 6.10. The number of nitrogen functional groups attached to an aromatic ring is 1. The molecule has 6 rings (SSSR count). The van der Waals surface area contributed by atoms with Gasteiger partial charge >= 0.3 is 0 Å². The number of carbonyl (C=O) groups is 1. The van der Waals surface area contributed by atoms with Gasteiger partial charge in [-0.3, -0.25) is 9.69 Å². The Kier molecular flexibility index (Phi) is 8.47. The van der Waals surface area contributed by atoms with E-state index in [9.17, 15) is 10.1 Å². The second-order valence-corrected chi connectivity index (χ2v) is 11.8. The van der Waals surface area contributed by atoms with Gasteiger partial charge in [-0.25, -0.2) is 19.0 Å². The molecular weight excluding hydrogens is 575 g/mol. The van der Waals surface area contributed by atoms with Crippen LogP contribution < -0.4 is 10.5 Å². The Morgan fingerprint density at radius 3 is 2.67 bits per heavy atom. The molecule has 232 valence electrons. The number of anilines is 1. The predicted molar refractivity (Wildman–Crippen MR) is 167 cm³/mol. The first-order valence-corrected chi connectivity index (χ1v) is 15.0. The molecule has 11 nitrogen and oxygen atoms in total. The van der Waals surface area contributed by atoms with Crippen molar-refractivity contribution in [3.05, 3.63) is 72.3 Å². The second-order valence-electron chi connectivity index (χ2n) is 11.8. The smallest absolute Gasteiger partial charge is 0.264 e. The Morgan fingerprint density at radius 1 is 1.16 bits per heavy atom. The van der Waals surface area contributed by atoms with Crippen molar-refractivity contribution in [1.82, 2.24) is 29.5 Å². The number of morpholine rings is 1. The van der Waals surface area contributed by atoms with Crippen LogP contribution >= 0.6 is 0 Å². The van der Waals surface area contributed by atoms with E-state index in [1.54, 1.807) is 39.9 Å². The van der Waals surface area contributed by atoms with E-state index < -0.39 is 11.4 Å². The van der Waals surface area contributed by atoms with Gasteiger partial charge in [-0.05, 0) is 57.0 Å². The standard InChI is InChI=1S/C33H35FN8O3/c1-33(2,40-13-15-44-16-14-40)18-22(19-35)32(43)41-12-6-7-23(41)20-42-31-28(30(36)37-21-38-31)29(39-42)26-11-10-25(17-27(26)34)45-24-8-4-3-5-9-24/h3-5,8-11,17-18,21,23H,6-7,12-16,20H2,1-2H3,(H2,36,37,38)/t23-/m0/s1. The molecule has 0 saturated carbocycles. The van der Waals surface area contributed by atoms with Crippen molar-refractivity contribution in [3.8, 4) is 28.8 Å². The number of nitrogens with two attached hydrogens (primary N) is 1. The maximum atomic E-state index is 15.6. The molecule has 2 aliphatic rings.